The van der Waals surface area contributed by atoms with Crippen molar-refractivity contribution in [1.82, 2.24) is 15.5 Å². The van der Waals surface area contributed by atoms with E-state index in [1.165, 1.54) is 44.9 Å². The van der Waals surface area contributed by atoms with Crippen molar-refractivity contribution in [3.05, 3.63) is 0 Å². The standard InChI is InChI=1S/C17H31N3O/c1-13-4-2-5-14(12-13)19-17(21)16-6-3-11-20(16)15-7-9-18-10-8-15/h13-16,18H,2-12H2,1H3,(H,19,21). The Hall–Kier alpha value is -0.610. The quantitative estimate of drug-likeness (QED) is 0.835. The Balaban J connectivity index is 1.55. The van der Waals surface area contributed by atoms with Gasteiger partial charge in [-0.15, -0.1) is 0 Å². The summed E-state index contributed by atoms with van der Waals surface area (Å²) < 4.78 is 0. The molecular formula is C17H31N3O. The molecule has 1 aliphatic carbocycles. The molecule has 4 nitrogen and oxygen atoms in total. The molecule has 3 fully saturated rings. The molecule has 0 aromatic rings. The van der Waals surface area contributed by atoms with Crippen molar-refractivity contribution in [3.8, 4) is 0 Å². The van der Waals surface area contributed by atoms with Crippen LogP contribution in [0.5, 0.6) is 0 Å². The number of amides is 1. The number of carbonyl (C=O) groups is 1. The highest BCUT2D eigenvalue weighted by Crippen LogP contribution is 2.27. The van der Waals surface area contributed by atoms with Crippen molar-refractivity contribution in [2.45, 2.75) is 76.4 Å². The Morgan fingerprint density at radius 3 is 2.67 bits per heavy atom. The van der Waals surface area contributed by atoms with Crippen LogP contribution in [0.4, 0.5) is 0 Å². The van der Waals surface area contributed by atoms with Crippen LogP contribution in [0.1, 0.15) is 58.3 Å². The van der Waals surface area contributed by atoms with Gasteiger partial charge in [0.05, 0.1) is 6.04 Å². The van der Waals surface area contributed by atoms with E-state index in [-0.39, 0.29) is 6.04 Å². The van der Waals surface area contributed by atoms with Crippen LogP contribution >= 0.6 is 0 Å². The maximum atomic E-state index is 12.7. The first-order chi connectivity index (χ1) is 10.2. The van der Waals surface area contributed by atoms with Crippen molar-refractivity contribution in [2.24, 2.45) is 5.92 Å². The summed E-state index contributed by atoms with van der Waals surface area (Å²) >= 11 is 0. The summed E-state index contributed by atoms with van der Waals surface area (Å²) in [7, 11) is 0. The van der Waals surface area contributed by atoms with Gasteiger partial charge in [-0.25, -0.2) is 0 Å². The van der Waals surface area contributed by atoms with Gasteiger partial charge in [-0.05, 0) is 64.1 Å². The first kappa shape index (κ1) is 15.3. The summed E-state index contributed by atoms with van der Waals surface area (Å²) in [5.41, 5.74) is 0. The molecule has 0 radical (unpaired) electrons. The van der Waals surface area contributed by atoms with Gasteiger partial charge in [0.25, 0.3) is 0 Å². The van der Waals surface area contributed by atoms with E-state index in [9.17, 15) is 4.79 Å². The van der Waals surface area contributed by atoms with Crippen molar-refractivity contribution < 1.29 is 4.79 Å². The van der Waals surface area contributed by atoms with Crippen molar-refractivity contribution >= 4 is 5.91 Å². The van der Waals surface area contributed by atoms with Gasteiger partial charge in [0.2, 0.25) is 5.91 Å². The summed E-state index contributed by atoms with van der Waals surface area (Å²) in [6.45, 7) is 5.64. The zero-order valence-corrected chi connectivity index (χ0v) is 13.4. The summed E-state index contributed by atoms with van der Waals surface area (Å²) in [6.07, 6.45) is 9.59. The summed E-state index contributed by atoms with van der Waals surface area (Å²) in [6, 6.07) is 1.19. The fourth-order valence-electron chi connectivity index (χ4n) is 4.51. The van der Waals surface area contributed by atoms with Crippen LogP contribution in [0.25, 0.3) is 0 Å². The largest absolute Gasteiger partial charge is 0.352 e. The van der Waals surface area contributed by atoms with E-state index in [1.807, 2.05) is 0 Å². The predicted molar refractivity (Wildman–Crippen MR) is 85.2 cm³/mol. The van der Waals surface area contributed by atoms with Gasteiger partial charge in [-0.2, -0.15) is 0 Å². The van der Waals surface area contributed by atoms with Gasteiger partial charge >= 0.3 is 0 Å². The van der Waals surface area contributed by atoms with Gasteiger partial charge < -0.3 is 10.6 Å². The third-order valence-corrected chi connectivity index (χ3v) is 5.66. The summed E-state index contributed by atoms with van der Waals surface area (Å²) in [5.74, 6) is 1.08. The lowest BCUT2D eigenvalue weighted by Gasteiger charge is -2.36. The molecule has 2 saturated heterocycles. The molecule has 0 spiro atoms. The number of piperidine rings is 1. The molecule has 4 heteroatoms. The Morgan fingerprint density at radius 2 is 1.90 bits per heavy atom. The lowest BCUT2D eigenvalue weighted by molar-refractivity contribution is -0.127. The molecule has 0 bridgehead atoms. The number of nitrogens with one attached hydrogen (secondary N) is 2. The number of likely N-dealkylation sites (tertiary alicyclic amines) is 1. The maximum absolute atomic E-state index is 12.7. The van der Waals surface area contributed by atoms with E-state index in [4.69, 9.17) is 0 Å². The van der Waals surface area contributed by atoms with Gasteiger partial charge in [0.15, 0.2) is 0 Å². The summed E-state index contributed by atoms with van der Waals surface area (Å²) in [5, 5.41) is 6.79. The minimum Gasteiger partial charge on any atom is -0.352 e. The van der Waals surface area contributed by atoms with Crippen LogP contribution in [0.2, 0.25) is 0 Å². The normalized spacial score (nSPS) is 35.8. The highest BCUT2D eigenvalue weighted by molar-refractivity contribution is 5.82. The van der Waals surface area contributed by atoms with Crippen LogP contribution in [-0.4, -0.2) is 48.6 Å². The highest BCUT2D eigenvalue weighted by atomic mass is 16.2. The van der Waals surface area contributed by atoms with E-state index >= 15 is 0 Å². The van der Waals surface area contributed by atoms with E-state index in [2.05, 4.69) is 22.5 Å². The molecule has 1 amide bonds. The van der Waals surface area contributed by atoms with Crippen LogP contribution in [0.15, 0.2) is 0 Å². The molecule has 120 valence electrons. The van der Waals surface area contributed by atoms with Crippen LogP contribution in [-0.2, 0) is 4.79 Å². The van der Waals surface area contributed by atoms with E-state index in [0.29, 0.717) is 18.0 Å². The smallest absolute Gasteiger partial charge is 0.237 e. The second-order valence-corrected chi connectivity index (χ2v) is 7.35. The fraction of sp³-hybridized carbons (Fsp3) is 0.941. The number of hydrogen-bond acceptors (Lipinski definition) is 3. The Kier molecular flexibility index (Phi) is 5.17. The molecule has 1 saturated carbocycles. The first-order valence-corrected chi connectivity index (χ1v) is 9.01. The van der Waals surface area contributed by atoms with Crippen molar-refractivity contribution in [2.75, 3.05) is 19.6 Å². The lowest BCUT2D eigenvalue weighted by atomic mass is 9.87. The van der Waals surface area contributed by atoms with Gasteiger partial charge in [0.1, 0.15) is 0 Å². The summed E-state index contributed by atoms with van der Waals surface area (Å²) in [4.78, 5) is 15.2. The lowest BCUT2D eigenvalue weighted by Crippen LogP contribution is -2.52. The predicted octanol–water partition coefficient (Wildman–Crippen LogP) is 1.90. The van der Waals surface area contributed by atoms with Crippen LogP contribution in [0, 0.1) is 5.92 Å². The number of rotatable bonds is 3. The van der Waals surface area contributed by atoms with E-state index < -0.39 is 0 Å². The Labute approximate surface area is 129 Å². The monoisotopic (exact) mass is 293 g/mol. The molecule has 3 rings (SSSR count). The molecule has 2 aliphatic heterocycles. The minimum absolute atomic E-state index is 0.144. The molecule has 2 N–H and O–H groups in total. The average molecular weight is 293 g/mol. The zero-order chi connectivity index (χ0) is 14.7. The molecule has 3 aliphatic rings. The number of hydrogen-bond donors (Lipinski definition) is 2. The number of nitrogens with zero attached hydrogens (tertiary/aromatic N) is 1. The second-order valence-electron chi connectivity index (χ2n) is 7.35. The van der Waals surface area contributed by atoms with Crippen LogP contribution in [0.3, 0.4) is 0 Å². The molecule has 3 unspecified atom stereocenters. The van der Waals surface area contributed by atoms with Crippen molar-refractivity contribution in [1.29, 1.82) is 0 Å². The maximum Gasteiger partial charge on any atom is 0.237 e. The zero-order valence-electron chi connectivity index (χ0n) is 13.4. The number of carbonyl (C=O) groups excluding carboxylic acids is 1. The van der Waals surface area contributed by atoms with Crippen LogP contribution < -0.4 is 10.6 Å². The van der Waals surface area contributed by atoms with Gasteiger partial charge in [0, 0.05) is 12.1 Å². The third-order valence-electron chi connectivity index (χ3n) is 5.66. The van der Waals surface area contributed by atoms with Gasteiger partial charge in [-0.1, -0.05) is 19.8 Å². The Bertz CT molecular complexity index is 354. The molecular weight excluding hydrogens is 262 g/mol. The van der Waals surface area contributed by atoms with Gasteiger partial charge in [-0.3, -0.25) is 9.69 Å². The minimum atomic E-state index is 0.144. The molecule has 3 atom stereocenters. The molecule has 2 heterocycles. The second kappa shape index (κ2) is 7.10. The third kappa shape index (κ3) is 3.78. The fourth-order valence-corrected chi connectivity index (χ4v) is 4.51. The van der Waals surface area contributed by atoms with E-state index in [0.717, 1.165) is 32.0 Å². The molecule has 21 heavy (non-hydrogen) atoms. The SMILES string of the molecule is CC1CCCC(NC(=O)C2CCCN2C2CCNCC2)C1. The molecule has 0 aromatic carbocycles. The highest BCUT2D eigenvalue weighted by Gasteiger charge is 2.36. The Morgan fingerprint density at radius 1 is 1.10 bits per heavy atom. The molecule has 0 aromatic heterocycles. The topological polar surface area (TPSA) is 44.4 Å². The van der Waals surface area contributed by atoms with E-state index in [1.54, 1.807) is 0 Å². The van der Waals surface area contributed by atoms with Crippen molar-refractivity contribution in [3.63, 3.8) is 0 Å². The first-order valence-electron chi connectivity index (χ1n) is 9.01. The average Bonchev–Trinajstić information content (AvgIpc) is 2.98.